The van der Waals surface area contributed by atoms with Crippen LogP contribution in [0.25, 0.3) is 0 Å². The van der Waals surface area contributed by atoms with E-state index in [0.717, 1.165) is 13.9 Å². The first kappa shape index (κ1) is 13.9. The van der Waals surface area contributed by atoms with Crippen molar-refractivity contribution >= 4 is 16.5 Å². The van der Waals surface area contributed by atoms with Crippen LogP contribution in [0, 0.1) is 0 Å². The van der Waals surface area contributed by atoms with Gasteiger partial charge in [-0.05, 0) is 34.3 Å². The van der Waals surface area contributed by atoms with Gasteiger partial charge in [0, 0.05) is 0 Å². The van der Waals surface area contributed by atoms with Gasteiger partial charge in [0.25, 0.3) is 8.32 Å². The fraction of sp³-hybridized carbons (Fsp3) is 0.692. The summed E-state index contributed by atoms with van der Waals surface area (Å²) in [6, 6.07) is 2.15. The minimum atomic E-state index is -1.71. The second kappa shape index (κ2) is 5.42. The number of hydrogen-bond acceptors (Lipinski definition) is 1. The van der Waals surface area contributed by atoms with Crippen molar-refractivity contribution in [3.05, 3.63) is 17.7 Å². The van der Waals surface area contributed by atoms with E-state index in [1.54, 1.807) is 0 Å². The molecule has 1 unspecified atom stereocenters. The summed E-state index contributed by atoms with van der Waals surface area (Å²) in [7, 11) is -0.897. The second-order valence-electron chi connectivity index (χ2n) is 5.47. The molecule has 0 saturated carbocycles. The lowest BCUT2D eigenvalue weighted by Gasteiger charge is -2.42. The first-order valence-corrected chi connectivity index (χ1v) is 9.52. The highest BCUT2D eigenvalue weighted by Crippen LogP contribution is 2.43. The molecule has 3 heteroatoms. The minimum Gasteiger partial charge on any atom is -0.542 e. The fourth-order valence-corrected chi connectivity index (χ4v) is 8.97. The molecule has 0 bridgehead atoms. The Kier molecular flexibility index (Phi) is 4.69. The van der Waals surface area contributed by atoms with Crippen LogP contribution in [-0.4, -0.2) is 8.32 Å². The van der Waals surface area contributed by atoms with E-state index in [-0.39, 0.29) is 0 Å². The van der Waals surface area contributed by atoms with E-state index < -0.39 is 8.32 Å². The molecule has 16 heavy (non-hydrogen) atoms. The Hall–Kier alpha value is -0.203. The first-order chi connectivity index (χ1) is 7.41. The van der Waals surface area contributed by atoms with Gasteiger partial charge in [-0.25, -0.2) is 0 Å². The van der Waals surface area contributed by atoms with Crippen molar-refractivity contribution in [3.8, 4) is 5.75 Å². The lowest BCUT2D eigenvalue weighted by atomic mass is 10.5. The standard InChI is InChI=1S/C13H25OPSi/c1-10(2)16(11(3)4,12(5)6)14-13-7-8-15-9-13/h7-12,15H,1-6H3. The molecule has 0 radical (unpaired) electrons. The van der Waals surface area contributed by atoms with Crippen LogP contribution in [0.2, 0.25) is 16.6 Å². The van der Waals surface area contributed by atoms with Gasteiger partial charge in [-0.3, -0.25) is 0 Å². The van der Waals surface area contributed by atoms with Crippen LogP contribution in [0.4, 0.5) is 0 Å². The van der Waals surface area contributed by atoms with Crippen LogP contribution in [-0.2, 0) is 0 Å². The summed E-state index contributed by atoms with van der Waals surface area (Å²) < 4.78 is 6.50. The van der Waals surface area contributed by atoms with Gasteiger partial charge in [-0.2, -0.15) is 0 Å². The molecule has 0 aliphatic rings. The molecule has 0 aliphatic carbocycles. The second-order valence-corrected chi connectivity index (χ2v) is 11.8. The summed E-state index contributed by atoms with van der Waals surface area (Å²) in [5, 5.41) is 0. The monoisotopic (exact) mass is 256 g/mol. The van der Waals surface area contributed by atoms with Gasteiger partial charge in [-0.15, -0.1) is 8.19 Å². The number of rotatable bonds is 5. The highest BCUT2D eigenvalue weighted by Gasteiger charge is 2.46. The Bertz CT molecular complexity index is 282. The number of hydrogen-bond donors (Lipinski definition) is 0. The molecule has 0 aliphatic heterocycles. The van der Waals surface area contributed by atoms with Crippen LogP contribution in [0.15, 0.2) is 17.7 Å². The van der Waals surface area contributed by atoms with Crippen molar-refractivity contribution in [2.24, 2.45) is 0 Å². The maximum atomic E-state index is 6.50. The molecule has 1 atom stereocenters. The topological polar surface area (TPSA) is 9.23 Å². The van der Waals surface area contributed by atoms with Crippen LogP contribution in [0.1, 0.15) is 41.5 Å². The SMILES string of the molecule is CC(C)[Si](Oc1cc[pH]c1)(C(C)C)C(C)C. The molecular formula is C13H25OPSi. The summed E-state index contributed by atoms with van der Waals surface area (Å²) >= 11 is 0. The van der Waals surface area contributed by atoms with Crippen molar-refractivity contribution in [1.82, 2.24) is 0 Å². The van der Waals surface area contributed by atoms with Gasteiger partial charge in [0.15, 0.2) is 0 Å². The van der Waals surface area contributed by atoms with Gasteiger partial charge >= 0.3 is 0 Å². The molecule has 1 aromatic heterocycles. The predicted octanol–water partition coefficient (Wildman–Crippen LogP) is 5.27. The van der Waals surface area contributed by atoms with E-state index >= 15 is 0 Å². The van der Waals surface area contributed by atoms with Crippen LogP contribution in [0.3, 0.4) is 0 Å². The quantitative estimate of drug-likeness (QED) is 0.652. The highest BCUT2D eigenvalue weighted by molar-refractivity contribution is 7.28. The van der Waals surface area contributed by atoms with Gasteiger partial charge < -0.3 is 4.43 Å². The largest absolute Gasteiger partial charge is 0.542 e. The lowest BCUT2D eigenvalue weighted by molar-refractivity contribution is 0.481. The zero-order chi connectivity index (χ0) is 12.3. The van der Waals surface area contributed by atoms with Crippen molar-refractivity contribution in [2.45, 2.75) is 58.2 Å². The predicted molar refractivity (Wildman–Crippen MR) is 77.6 cm³/mol. The van der Waals surface area contributed by atoms with Gasteiger partial charge in [0.2, 0.25) is 0 Å². The molecule has 0 spiro atoms. The Labute approximate surface area is 103 Å². The summed E-state index contributed by atoms with van der Waals surface area (Å²) in [4.78, 5) is 0. The van der Waals surface area contributed by atoms with Crippen LogP contribution < -0.4 is 4.43 Å². The molecule has 1 rings (SSSR count). The van der Waals surface area contributed by atoms with Crippen molar-refractivity contribution in [2.75, 3.05) is 0 Å². The molecule has 1 heterocycles. The summed E-state index contributed by atoms with van der Waals surface area (Å²) in [6.07, 6.45) is 0. The molecule has 1 aromatic rings. The third kappa shape index (κ3) is 2.54. The Morgan fingerprint density at radius 2 is 1.50 bits per heavy atom. The summed E-state index contributed by atoms with van der Waals surface area (Å²) in [5.74, 6) is 5.56. The molecule has 0 fully saturated rings. The maximum Gasteiger partial charge on any atom is 0.258 e. The van der Waals surface area contributed by atoms with Crippen LogP contribution >= 0.6 is 8.19 Å². The fourth-order valence-electron chi connectivity index (χ4n) is 2.93. The first-order valence-electron chi connectivity index (χ1n) is 6.23. The minimum absolute atomic E-state index is 0.658. The zero-order valence-electron chi connectivity index (χ0n) is 11.4. The third-order valence-corrected chi connectivity index (χ3v) is 10.4. The van der Waals surface area contributed by atoms with Crippen LogP contribution in [0.5, 0.6) is 5.75 Å². The lowest BCUT2D eigenvalue weighted by Crippen LogP contribution is -2.50. The molecule has 0 saturated heterocycles. The van der Waals surface area contributed by atoms with Crippen molar-refractivity contribution in [3.63, 3.8) is 0 Å². The Morgan fingerprint density at radius 1 is 1.00 bits per heavy atom. The van der Waals surface area contributed by atoms with Crippen molar-refractivity contribution < 1.29 is 4.43 Å². The maximum absolute atomic E-state index is 6.50. The molecule has 1 nitrogen and oxygen atoms in total. The van der Waals surface area contributed by atoms with Gasteiger partial charge in [0.1, 0.15) is 5.75 Å². The van der Waals surface area contributed by atoms with Gasteiger partial charge in [0.05, 0.1) is 0 Å². The molecule has 0 N–H and O–H groups in total. The summed E-state index contributed by atoms with van der Waals surface area (Å²) in [6.45, 7) is 14.0. The van der Waals surface area contributed by atoms with E-state index in [1.807, 2.05) is 0 Å². The average Bonchev–Trinajstić information content (AvgIpc) is 2.64. The van der Waals surface area contributed by atoms with E-state index in [1.165, 1.54) is 0 Å². The summed E-state index contributed by atoms with van der Waals surface area (Å²) in [5.41, 5.74) is 1.97. The van der Waals surface area contributed by atoms with E-state index in [9.17, 15) is 0 Å². The molecule has 0 aromatic carbocycles. The van der Waals surface area contributed by atoms with E-state index in [4.69, 9.17) is 4.43 Å². The molecular weight excluding hydrogens is 231 g/mol. The third-order valence-electron chi connectivity index (χ3n) is 3.57. The smallest absolute Gasteiger partial charge is 0.258 e. The Balaban J connectivity index is 3.02. The Morgan fingerprint density at radius 3 is 1.81 bits per heavy atom. The van der Waals surface area contributed by atoms with Crippen molar-refractivity contribution in [1.29, 1.82) is 0 Å². The van der Waals surface area contributed by atoms with Gasteiger partial charge in [-0.1, -0.05) is 41.5 Å². The highest BCUT2D eigenvalue weighted by atomic mass is 31.0. The molecule has 92 valence electrons. The van der Waals surface area contributed by atoms with E-state index in [2.05, 4.69) is 59.2 Å². The van der Waals surface area contributed by atoms with E-state index in [0.29, 0.717) is 16.6 Å². The molecule has 0 amide bonds. The zero-order valence-corrected chi connectivity index (χ0v) is 13.4. The normalized spacial score (nSPS) is 13.3. The average molecular weight is 256 g/mol.